The van der Waals surface area contributed by atoms with Crippen molar-refractivity contribution in [1.29, 1.82) is 0 Å². The van der Waals surface area contributed by atoms with E-state index in [0.717, 1.165) is 0 Å². The van der Waals surface area contributed by atoms with Crippen LogP contribution in [0.15, 0.2) is 28.9 Å². The van der Waals surface area contributed by atoms with Gasteiger partial charge in [0.15, 0.2) is 0 Å². The molecule has 16 heavy (non-hydrogen) atoms. The predicted molar refractivity (Wildman–Crippen MR) is 61.1 cm³/mol. The summed E-state index contributed by atoms with van der Waals surface area (Å²) < 4.78 is 4.83. The van der Waals surface area contributed by atoms with Crippen LogP contribution in [0.1, 0.15) is 21.7 Å². The molecule has 1 aromatic heterocycles. The van der Waals surface area contributed by atoms with Gasteiger partial charge in [-0.15, -0.1) is 0 Å². The van der Waals surface area contributed by atoms with Gasteiger partial charge >= 0.3 is 0 Å². The Morgan fingerprint density at radius 2 is 1.94 bits per heavy atom. The van der Waals surface area contributed by atoms with Crippen molar-refractivity contribution < 1.29 is 9.32 Å². The topological polar surface area (TPSA) is 43.1 Å². The van der Waals surface area contributed by atoms with E-state index < -0.39 is 0 Å². The smallest absolute Gasteiger partial charge is 0.201 e. The molecule has 82 valence electrons. The van der Waals surface area contributed by atoms with Crippen LogP contribution >= 0.6 is 23.2 Å². The van der Waals surface area contributed by atoms with E-state index in [4.69, 9.17) is 27.7 Å². The molecule has 0 atom stereocenters. The van der Waals surface area contributed by atoms with E-state index in [2.05, 4.69) is 5.16 Å². The SMILES string of the molecule is Cc1oncc1C(=O)c1c(Cl)cccc1Cl. The van der Waals surface area contributed by atoms with Crippen LogP contribution < -0.4 is 0 Å². The highest BCUT2D eigenvalue weighted by molar-refractivity contribution is 6.41. The average Bonchev–Trinajstić information content (AvgIpc) is 2.64. The van der Waals surface area contributed by atoms with Crippen molar-refractivity contribution >= 4 is 29.0 Å². The van der Waals surface area contributed by atoms with Crippen LogP contribution in [-0.2, 0) is 0 Å². The first kappa shape index (κ1) is 11.2. The Morgan fingerprint density at radius 3 is 2.44 bits per heavy atom. The minimum Gasteiger partial charge on any atom is -0.361 e. The predicted octanol–water partition coefficient (Wildman–Crippen LogP) is 3.52. The average molecular weight is 256 g/mol. The molecule has 0 aliphatic heterocycles. The molecule has 2 aromatic rings. The van der Waals surface area contributed by atoms with E-state index in [1.54, 1.807) is 25.1 Å². The summed E-state index contributed by atoms with van der Waals surface area (Å²) in [5, 5.41) is 4.18. The zero-order valence-corrected chi connectivity index (χ0v) is 9.84. The fourth-order valence-corrected chi connectivity index (χ4v) is 1.94. The lowest BCUT2D eigenvalue weighted by molar-refractivity contribution is 0.103. The summed E-state index contributed by atoms with van der Waals surface area (Å²) in [7, 11) is 0. The van der Waals surface area contributed by atoms with Crippen molar-refractivity contribution in [3.05, 3.63) is 51.3 Å². The highest BCUT2D eigenvalue weighted by atomic mass is 35.5. The Hall–Kier alpha value is -1.32. The molecule has 0 radical (unpaired) electrons. The molecule has 0 aliphatic rings. The fraction of sp³-hybridized carbons (Fsp3) is 0.0909. The summed E-state index contributed by atoms with van der Waals surface area (Å²) >= 11 is 11.9. The van der Waals surface area contributed by atoms with E-state index in [-0.39, 0.29) is 11.3 Å². The monoisotopic (exact) mass is 255 g/mol. The number of benzene rings is 1. The second-order valence-electron chi connectivity index (χ2n) is 3.22. The van der Waals surface area contributed by atoms with Crippen LogP contribution in [-0.4, -0.2) is 10.9 Å². The maximum Gasteiger partial charge on any atom is 0.201 e. The van der Waals surface area contributed by atoms with Gasteiger partial charge in [0.2, 0.25) is 5.78 Å². The van der Waals surface area contributed by atoms with Gasteiger partial charge in [0.25, 0.3) is 0 Å². The van der Waals surface area contributed by atoms with E-state index in [9.17, 15) is 4.79 Å². The van der Waals surface area contributed by atoms with Gasteiger partial charge in [0, 0.05) is 0 Å². The van der Waals surface area contributed by atoms with Gasteiger partial charge < -0.3 is 4.52 Å². The number of carbonyl (C=O) groups is 1. The van der Waals surface area contributed by atoms with E-state index in [1.165, 1.54) is 6.20 Å². The highest BCUT2D eigenvalue weighted by Gasteiger charge is 2.20. The maximum absolute atomic E-state index is 12.1. The molecule has 5 heteroatoms. The Morgan fingerprint density at radius 1 is 1.31 bits per heavy atom. The summed E-state index contributed by atoms with van der Waals surface area (Å²) in [5.41, 5.74) is 0.645. The summed E-state index contributed by atoms with van der Waals surface area (Å²) in [6.07, 6.45) is 1.36. The molecule has 0 bridgehead atoms. The van der Waals surface area contributed by atoms with Gasteiger partial charge in [-0.3, -0.25) is 4.79 Å². The Bertz CT molecular complexity index is 528. The number of ketones is 1. The standard InChI is InChI=1S/C11H7Cl2NO2/c1-6-7(5-14-16-6)11(15)10-8(12)3-2-4-9(10)13/h2-5H,1H3. The van der Waals surface area contributed by atoms with Crippen LogP contribution in [0, 0.1) is 6.92 Å². The van der Waals surface area contributed by atoms with Crippen molar-refractivity contribution in [3.63, 3.8) is 0 Å². The first-order valence-corrected chi connectivity index (χ1v) is 5.27. The largest absolute Gasteiger partial charge is 0.361 e. The first-order chi connectivity index (χ1) is 7.61. The number of halogens is 2. The highest BCUT2D eigenvalue weighted by Crippen LogP contribution is 2.27. The molecule has 0 spiro atoms. The van der Waals surface area contributed by atoms with Gasteiger partial charge in [-0.05, 0) is 19.1 Å². The maximum atomic E-state index is 12.1. The Kier molecular flexibility index (Phi) is 2.99. The number of aryl methyl sites for hydroxylation is 1. The van der Waals surface area contributed by atoms with E-state index >= 15 is 0 Å². The van der Waals surface area contributed by atoms with Crippen molar-refractivity contribution in [3.8, 4) is 0 Å². The quantitative estimate of drug-likeness (QED) is 0.772. The molecule has 0 amide bonds. The number of hydrogen-bond acceptors (Lipinski definition) is 3. The Balaban J connectivity index is 2.54. The lowest BCUT2D eigenvalue weighted by Gasteiger charge is -2.03. The number of carbonyl (C=O) groups excluding carboxylic acids is 1. The minimum atomic E-state index is -0.283. The first-order valence-electron chi connectivity index (χ1n) is 4.51. The fourth-order valence-electron chi connectivity index (χ4n) is 1.37. The van der Waals surface area contributed by atoms with Gasteiger partial charge in [-0.25, -0.2) is 0 Å². The summed E-state index contributed by atoms with van der Waals surface area (Å²) in [5.74, 6) is 0.162. The summed E-state index contributed by atoms with van der Waals surface area (Å²) in [4.78, 5) is 12.1. The minimum absolute atomic E-state index is 0.275. The molecule has 2 rings (SSSR count). The summed E-state index contributed by atoms with van der Waals surface area (Å²) in [6, 6.07) is 4.91. The zero-order chi connectivity index (χ0) is 11.7. The van der Waals surface area contributed by atoms with E-state index in [0.29, 0.717) is 21.4 Å². The number of nitrogens with zero attached hydrogens (tertiary/aromatic N) is 1. The van der Waals surface area contributed by atoms with Crippen molar-refractivity contribution in [2.75, 3.05) is 0 Å². The van der Waals surface area contributed by atoms with E-state index in [1.807, 2.05) is 0 Å². The Labute approximate surface area is 102 Å². The van der Waals surface area contributed by atoms with Gasteiger partial charge in [-0.2, -0.15) is 0 Å². The molecular formula is C11H7Cl2NO2. The van der Waals surface area contributed by atoms with Crippen molar-refractivity contribution in [2.24, 2.45) is 0 Å². The molecule has 0 fully saturated rings. The number of hydrogen-bond donors (Lipinski definition) is 0. The van der Waals surface area contributed by atoms with Gasteiger partial charge in [0.05, 0.1) is 27.4 Å². The third kappa shape index (κ3) is 1.84. The lowest BCUT2D eigenvalue weighted by Crippen LogP contribution is -2.03. The molecule has 0 saturated carbocycles. The zero-order valence-electron chi connectivity index (χ0n) is 8.33. The molecule has 3 nitrogen and oxygen atoms in total. The van der Waals surface area contributed by atoms with Crippen molar-refractivity contribution in [2.45, 2.75) is 6.92 Å². The number of aromatic nitrogens is 1. The van der Waals surface area contributed by atoms with Crippen LogP contribution in [0.3, 0.4) is 0 Å². The molecule has 1 aromatic carbocycles. The summed E-state index contributed by atoms with van der Waals surface area (Å²) in [6.45, 7) is 1.66. The van der Waals surface area contributed by atoms with Gasteiger partial charge in [0.1, 0.15) is 5.76 Å². The molecule has 0 aliphatic carbocycles. The van der Waals surface area contributed by atoms with Gasteiger partial charge in [-0.1, -0.05) is 34.4 Å². The molecule has 1 heterocycles. The van der Waals surface area contributed by atoms with Crippen LogP contribution in [0.5, 0.6) is 0 Å². The number of rotatable bonds is 2. The van der Waals surface area contributed by atoms with Crippen LogP contribution in [0.25, 0.3) is 0 Å². The second-order valence-corrected chi connectivity index (χ2v) is 4.04. The molecular weight excluding hydrogens is 249 g/mol. The molecule has 0 saturated heterocycles. The van der Waals surface area contributed by atoms with Crippen molar-refractivity contribution in [1.82, 2.24) is 5.16 Å². The molecule has 0 N–H and O–H groups in total. The van der Waals surface area contributed by atoms with Crippen LogP contribution in [0.4, 0.5) is 0 Å². The van der Waals surface area contributed by atoms with Crippen LogP contribution in [0.2, 0.25) is 10.0 Å². The lowest BCUT2D eigenvalue weighted by atomic mass is 10.0. The molecule has 0 unspecified atom stereocenters. The second kappa shape index (κ2) is 4.28. The third-order valence-corrected chi connectivity index (χ3v) is 2.82. The normalized spacial score (nSPS) is 10.4. The third-order valence-electron chi connectivity index (χ3n) is 2.19.